The predicted octanol–water partition coefficient (Wildman–Crippen LogP) is 2.97. The molecule has 3 heteroatoms. The van der Waals surface area contributed by atoms with Gasteiger partial charge in [-0.05, 0) is 75.5 Å². The molecule has 21 heavy (non-hydrogen) atoms. The minimum Gasteiger partial charge on any atom is -0.388 e. The molecule has 0 aromatic heterocycles. The average molecular weight is 291 g/mol. The molecule has 3 nitrogen and oxygen atoms in total. The second-order valence-electron chi connectivity index (χ2n) is 9.38. The summed E-state index contributed by atoms with van der Waals surface area (Å²) in [5.74, 6) is 1.94. The van der Waals surface area contributed by atoms with E-state index in [1.165, 1.54) is 19.3 Å². The number of likely N-dealkylation sites (tertiary alicyclic amines) is 1. The highest BCUT2D eigenvalue weighted by molar-refractivity contribution is 5.83. The zero-order chi connectivity index (χ0) is 14.9. The highest BCUT2D eigenvalue weighted by Crippen LogP contribution is 2.65. The number of hydrogen-bond donors (Lipinski definition) is 1. The molecule has 3 atom stereocenters. The van der Waals surface area contributed by atoms with Crippen LogP contribution in [0, 0.1) is 22.7 Å². The van der Waals surface area contributed by atoms with Gasteiger partial charge in [-0.25, -0.2) is 0 Å². The van der Waals surface area contributed by atoms with Crippen LogP contribution in [0.3, 0.4) is 0 Å². The summed E-state index contributed by atoms with van der Waals surface area (Å²) in [6.07, 6.45) is 9.16. The van der Waals surface area contributed by atoms with Gasteiger partial charge >= 0.3 is 0 Å². The van der Waals surface area contributed by atoms with E-state index in [4.69, 9.17) is 0 Å². The Bertz CT molecular complexity index is 456. The van der Waals surface area contributed by atoms with Gasteiger partial charge in [-0.15, -0.1) is 0 Å². The second-order valence-corrected chi connectivity index (χ2v) is 9.38. The molecule has 118 valence electrons. The number of amides is 1. The van der Waals surface area contributed by atoms with Gasteiger partial charge < -0.3 is 10.0 Å². The van der Waals surface area contributed by atoms with Gasteiger partial charge in [-0.2, -0.15) is 0 Å². The molecule has 4 bridgehead atoms. The van der Waals surface area contributed by atoms with Crippen LogP contribution in [0.4, 0.5) is 0 Å². The van der Waals surface area contributed by atoms with Crippen molar-refractivity contribution < 1.29 is 9.90 Å². The molecule has 0 spiro atoms. The van der Waals surface area contributed by atoms with E-state index in [-0.39, 0.29) is 5.41 Å². The lowest BCUT2D eigenvalue weighted by atomic mass is 9.44. The van der Waals surface area contributed by atoms with Crippen molar-refractivity contribution in [1.82, 2.24) is 4.90 Å². The molecule has 3 unspecified atom stereocenters. The molecule has 0 radical (unpaired) electrons. The number of carbonyl (C=O) groups is 1. The lowest BCUT2D eigenvalue weighted by Gasteiger charge is -2.61. The van der Waals surface area contributed by atoms with Crippen molar-refractivity contribution in [3.05, 3.63) is 0 Å². The van der Waals surface area contributed by atoms with E-state index in [9.17, 15) is 9.90 Å². The van der Waals surface area contributed by atoms with Gasteiger partial charge in [0, 0.05) is 13.1 Å². The first-order chi connectivity index (χ1) is 9.79. The minimum absolute atomic E-state index is 0.0771. The van der Waals surface area contributed by atoms with Gasteiger partial charge in [0.1, 0.15) is 0 Å². The normalized spacial score (nSPS) is 52.2. The lowest BCUT2D eigenvalue weighted by molar-refractivity contribution is -0.171. The van der Waals surface area contributed by atoms with E-state index in [0.29, 0.717) is 17.9 Å². The van der Waals surface area contributed by atoms with E-state index >= 15 is 0 Å². The quantitative estimate of drug-likeness (QED) is 0.807. The van der Waals surface area contributed by atoms with Crippen molar-refractivity contribution >= 4 is 5.91 Å². The van der Waals surface area contributed by atoms with Crippen molar-refractivity contribution in [2.75, 3.05) is 13.1 Å². The van der Waals surface area contributed by atoms with Crippen LogP contribution in [0.5, 0.6) is 0 Å². The molecule has 4 aliphatic carbocycles. The molecule has 1 N–H and O–H groups in total. The summed E-state index contributed by atoms with van der Waals surface area (Å²) in [6.45, 7) is 5.69. The van der Waals surface area contributed by atoms with Gasteiger partial charge in [0.25, 0.3) is 0 Å². The van der Waals surface area contributed by atoms with Crippen LogP contribution in [0.2, 0.25) is 0 Å². The molecular formula is C18H29NO2. The molecule has 1 aliphatic heterocycles. The van der Waals surface area contributed by atoms with Gasteiger partial charge in [-0.3, -0.25) is 4.79 Å². The smallest absolute Gasteiger partial charge is 0.228 e. The zero-order valence-electron chi connectivity index (χ0n) is 13.5. The number of carbonyl (C=O) groups excluding carboxylic acids is 1. The largest absolute Gasteiger partial charge is 0.388 e. The van der Waals surface area contributed by atoms with Gasteiger partial charge in [-0.1, -0.05) is 6.92 Å². The predicted molar refractivity (Wildman–Crippen MR) is 81.7 cm³/mol. The summed E-state index contributed by atoms with van der Waals surface area (Å²) in [5.41, 5.74) is -0.343. The monoisotopic (exact) mass is 291 g/mol. The summed E-state index contributed by atoms with van der Waals surface area (Å²) in [5, 5.41) is 10.3. The fourth-order valence-electron chi connectivity index (χ4n) is 6.70. The molecule has 1 heterocycles. The first-order valence-corrected chi connectivity index (χ1v) is 8.81. The minimum atomic E-state index is -0.680. The molecule has 1 amide bonds. The maximum atomic E-state index is 13.3. The third-order valence-corrected chi connectivity index (χ3v) is 6.77. The zero-order valence-corrected chi connectivity index (χ0v) is 13.5. The molecule has 4 saturated carbocycles. The Morgan fingerprint density at radius 3 is 2.38 bits per heavy atom. The number of β-amino-alcohol motifs (C(OH)–C–C–N with tert-alkyl or cyclic N) is 1. The Labute approximate surface area is 128 Å². The fourth-order valence-corrected chi connectivity index (χ4v) is 6.70. The third-order valence-electron chi connectivity index (χ3n) is 6.77. The van der Waals surface area contributed by atoms with E-state index in [1.54, 1.807) is 0 Å². The Morgan fingerprint density at radius 2 is 1.81 bits per heavy atom. The van der Waals surface area contributed by atoms with Crippen molar-refractivity contribution in [3.63, 3.8) is 0 Å². The van der Waals surface area contributed by atoms with Crippen LogP contribution in [-0.4, -0.2) is 34.6 Å². The van der Waals surface area contributed by atoms with E-state index in [1.807, 2.05) is 11.8 Å². The van der Waals surface area contributed by atoms with Crippen LogP contribution in [0.15, 0.2) is 0 Å². The second kappa shape index (κ2) is 4.24. The Hall–Kier alpha value is -0.570. The Balaban J connectivity index is 1.59. The maximum absolute atomic E-state index is 13.3. The van der Waals surface area contributed by atoms with Crippen LogP contribution >= 0.6 is 0 Å². The van der Waals surface area contributed by atoms with Crippen LogP contribution in [0.25, 0.3) is 0 Å². The third kappa shape index (κ3) is 2.23. The van der Waals surface area contributed by atoms with Crippen LogP contribution < -0.4 is 0 Å². The number of nitrogens with zero attached hydrogens (tertiary/aromatic N) is 1. The maximum Gasteiger partial charge on any atom is 0.228 e. The van der Waals surface area contributed by atoms with Gasteiger partial charge in [0.05, 0.1) is 11.0 Å². The molecule has 5 fully saturated rings. The van der Waals surface area contributed by atoms with Gasteiger partial charge in [0.15, 0.2) is 0 Å². The lowest BCUT2D eigenvalue weighted by Crippen LogP contribution is -2.60. The van der Waals surface area contributed by atoms with E-state index in [2.05, 4.69) is 6.92 Å². The van der Waals surface area contributed by atoms with Gasteiger partial charge in [0.2, 0.25) is 5.91 Å². The topological polar surface area (TPSA) is 40.5 Å². The SMILES string of the molecule is CC1(O)CCCN(C(=O)C23CC4CC(CC(C)(C4)C2)C3)C1. The highest BCUT2D eigenvalue weighted by atomic mass is 16.3. The first-order valence-electron chi connectivity index (χ1n) is 8.81. The summed E-state index contributed by atoms with van der Waals surface area (Å²) < 4.78 is 0. The van der Waals surface area contributed by atoms with Crippen LogP contribution in [0.1, 0.15) is 65.2 Å². The summed E-state index contributed by atoms with van der Waals surface area (Å²) in [4.78, 5) is 15.3. The van der Waals surface area contributed by atoms with Crippen molar-refractivity contribution in [1.29, 1.82) is 0 Å². The number of aliphatic hydroxyl groups is 1. The molecular weight excluding hydrogens is 262 g/mol. The Kier molecular flexibility index (Phi) is 2.84. The van der Waals surface area contributed by atoms with E-state index < -0.39 is 5.60 Å². The first kappa shape index (κ1) is 14.0. The van der Waals surface area contributed by atoms with Crippen molar-refractivity contribution in [2.24, 2.45) is 22.7 Å². The molecule has 5 rings (SSSR count). The Morgan fingerprint density at radius 1 is 1.14 bits per heavy atom. The van der Waals surface area contributed by atoms with E-state index in [0.717, 1.165) is 50.5 Å². The molecule has 1 saturated heterocycles. The van der Waals surface area contributed by atoms with Crippen LogP contribution in [-0.2, 0) is 4.79 Å². The highest BCUT2D eigenvalue weighted by Gasteiger charge is 2.59. The van der Waals surface area contributed by atoms with Crippen molar-refractivity contribution in [2.45, 2.75) is 70.8 Å². The number of rotatable bonds is 1. The van der Waals surface area contributed by atoms with Crippen molar-refractivity contribution in [3.8, 4) is 0 Å². The molecule has 0 aromatic carbocycles. The summed E-state index contributed by atoms with van der Waals surface area (Å²) in [7, 11) is 0. The number of hydrogen-bond acceptors (Lipinski definition) is 2. The summed E-state index contributed by atoms with van der Waals surface area (Å²) in [6, 6.07) is 0. The average Bonchev–Trinajstić information content (AvgIpc) is 2.33. The number of piperidine rings is 1. The molecule has 0 aromatic rings. The standard InChI is InChI=1S/C18H29NO2/c1-16-7-13-6-14(8-16)10-18(9-13,11-16)15(20)19-5-3-4-17(2,21)12-19/h13-14,21H,3-12H2,1-2H3. The fraction of sp³-hybridized carbons (Fsp3) is 0.944. The summed E-state index contributed by atoms with van der Waals surface area (Å²) >= 11 is 0. The molecule has 5 aliphatic rings.